The Balaban J connectivity index is 1.97. The van der Waals surface area contributed by atoms with Crippen molar-refractivity contribution in [2.75, 3.05) is 17.7 Å². The van der Waals surface area contributed by atoms with Crippen LogP contribution in [0.1, 0.15) is 6.23 Å². The molecule has 2 aromatic rings. The molecule has 0 spiro atoms. The van der Waals surface area contributed by atoms with E-state index >= 15 is 0 Å². The van der Waals surface area contributed by atoms with Crippen molar-refractivity contribution in [3.05, 3.63) is 18.6 Å². The first kappa shape index (κ1) is 13.6. The molecule has 4 atom stereocenters. The number of aliphatic hydroxyl groups is 2. The van der Waals surface area contributed by atoms with E-state index in [0.29, 0.717) is 17.1 Å². The SMILES string of the molecule is CSC[C@H]1O[C@@H](n2cnc3c(N)nccc32)[C@H](O)[C@@H]1O. The van der Waals surface area contributed by atoms with E-state index < -0.39 is 24.5 Å². The molecule has 3 rings (SSSR count). The number of nitrogens with two attached hydrogens (primary N) is 1. The summed E-state index contributed by atoms with van der Waals surface area (Å²) in [5.41, 5.74) is 7.04. The molecule has 0 aliphatic carbocycles. The van der Waals surface area contributed by atoms with Crippen molar-refractivity contribution >= 4 is 28.6 Å². The molecule has 20 heavy (non-hydrogen) atoms. The zero-order valence-electron chi connectivity index (χ0n) is 10.9. The van der Waals surface area contributed by atoms with Crippen LogP contribution in [0.15, 0.2) is 18.6 Å². The summed E-state index contributed by atoms with van der Waals surface area (Å²) in [4.78, 5) is 8.16. The fourth-order valence-corrected chi connectivity index (χ4v) is 3.05. The highest BCUT2D eigenvalue weighted by Gasteiger charge is 2.43. The summed E-state index contributed by atoms with van der Waals surface area (Å²) in [6.45, 7) is 0. The first-order chi connectivity index (χ1) is 9.63. The van der Waals surface area contributed by atoms with Crippen LogP contribution in [0.5, 0.6) is 0 Å². The lowest BCUT2D eigenvalue weighted by molar-refractivity contribution is -0.0285. The Morgan fingerprint density at radius 3 is 2.95 bits per heavy atom. The third kappa shape index (κ3) is 2.05. The highest BCUT2D eigenvalue weighted by molar-refractivity contribution is 7.98. The van der Waals surface area contributed by atoms with Crippen LogP contribution in [0, 0.1) is 0 Å². The van der Waals surface area contributed by atoms with Gasteiger partial charge < -0.3 is 25.3 Å². The van der Waals surface area contributed by atoms with E-state index in [2.05, 4.69) is 9.97 Å². The van der Waals surface area contributed by atoms with Gasteiger partial charge >= 0.3 is 0 Å². The number of nitrogens with zero attached hydrogens (tertiary/aromatic N) is 3. The number of nitrogen functional groups attached to an aromatic ring is 1. The Labute approximate surface area is 119 Å². The van der Waals surface area contributed by atoms with Crippen molar-refractivity contribution in [2.24, 2.45) is 0 Å². The van der Waals surface area contributed by atoms with Gasteiger partial charge in [-0.05, 0) is 12.3 Å². The summed E-state index contributed by atoms with van der Waals surface area (Å²) in [5.74, 6) is 0.945. The molecule has 1 aliphatic rings. The van der Waals surface area contributed by atoms with E-state index in [4.69, 9.17) is 10.5 Å². The molecule has 0 saturated carbocycles. The lowest BCUT2D eigenvalue weighted by Crippen LogP contribution is -2.32. The average Bonchev–Trinajstić information content (AvgIpc) is 2.97. The van der Waals surface area contributed by atoms with Gasteiger partial charge in [0.25, 0.3) is 0 Å². The van der Waals surface area contributed by atoms with E-state index in [1.165, 1.54) is 0 Å². The molecule has 2 aromatic heterocycles. The van der Waals surface area contributed by atoms with E-state index in [1.807, 2.05) is 6.26 Å². The Kier molecular flexibility index (Phi) is 3.55. The number of aromatic nitrogens is 3. The molecule has 8 heteroatoms. The standard InChI is InChI=1S/C12H16N4O3S/c1-20-4-7-9(17)10(18)12(19-7)16-5-15-8-6(16)2-3-14-11(8)13/h2-3,5,7,9-10,12,17-18H,4H2,1H3,(H2,13,14)/t7-,9-,10-,12-/m1/s1. The topological polar surface area (TPSA) is 106 Å². The minimum absolute atomic E-state index is 0.329. The predicted molar refractivity (Wildman–Crippen MR) is 76.2 cm³/mol. The minimum Gasteiger partial charge on any atom is -0.387 e. The number of hydrogen-bond acceptors (Lipinski definition) is 7. The van der Waals surface area contributed by atoms with Crippen LogP contribution in [-0.2, 0) is 4.74 Å². The van der Waals surface area contributed by atoms with Gasteiger partial charge in [0.05, 0.1) is 17.9 Å². The zero-order valence-corrected chi connectivity index (χ0v) is 11.7. The molecule has 0 aromatic carbocycles. The van der Waals surface area contributed by atoms with Crippen LogP contribution in [-0.4, -0.2) is 55.1 Å². The lowest BCUT2D eigenvalue weighted by Gasteiger charge is -2.17. The zero-order chi connectivity index (χ0) is 14.3. The molecule has 7 nitrogen and oxygen atoms in total. The maximum atomic E-state index is 10.2. The number of ether oxygens (including phenoxy) is 1. The van der Waals surface area contributed by atoms with Gasteiger partial charge in [0.15, 0.2) is 12.0 Å². The average molecular weight is 296 g/mol. The number of anilines is 1. The monoisotopic (exact) mass is 296 g/mol. The van der Waals surface area contributed by atoms with E-state index in [0.717, 1.165) is 5.52 Å². The minimum atomic E-state index is -1.00. The highest BCUT2D eigenvalue weighted by Crippen LogP contribution is 2.33. The molecule has 4 N–H and O–H groups in total. The molecule has 1 aliphatic heterocycles. The third-order valence-corrected chi connectivity index (χ3v) is 4.12. The Morgan fingerprint density at radius 1 is 1.40 bits per heavy atom. The Hall–Kier alpha value is -1.35. The van der Waals surface area contributed by atoms with Crippen molar-refractivity contribution in [2.45, 2.75) is 24.5 Å². The van der Waals surface area contributed by atoms with Gasteiger partial charge in [-0.2, -0.15) is 11.8 Å². The van der Waals surface area contributed by atoms with Crippen molar-refractivity contribution in [3.63, 3.8) is 0 Å². The Morgan fingerprint density at radius 2 is 2.20 bits per heavy atom. The highest BCUT2D eigenvalue weighted by atomic mass is 32.2. The molecule has 0 amide bonds. The van der Waals surface area contributed by atoms with Gasteiger partial charge in [0.1, 0.15) is 17.7 Å². The van der Waals surface area contributed by atoms with Gasteiger partial charge in [-0.3, -0.25) is 0 Å². The van der Waals surface area contributed by atoms with Crippen molar-refractivity contribution < 1.29 is 14.9 Å². The maximum Gasteiger partial charge on any atom is 0.164 e. The first-order valence-electron chi connectivity index (χ1n) is 6.21. The van der Waals surface area contributed by atoms with Gasteiger partial charge in [0, 0.05) is 11.9 Å². The van der Waals surface area contributed by atoms with Crippen LogP contribution in [0.4, 0.5) is 5.82 Å². The summed E-state index contributed by atoms with van der Waals surface area (Å²) in [6, 6.07) is 1.75. The number of imidazole rings is 1. The van der Waals surface area contributed by atoms with Crippen LogP contribution in [0.2, 0.25) is 0 Å². The molecule has 3 heterocycles. The summed E-state index contributed by atoms with van der Waals surface area (Å²) in [5, 5.41) is 20.2. The second-order valence-electron chi connectivity index (χ2n) is 4.72. The number of rotatable bonds is 3. The predicted octanol–water partition coefficient (Wildman–Crippen LogP) is -0.00430. The molecular formula is C12H16N4O3S. The van der Waals surface area contributed by atoms with E-state index in [-0.39, 0.29) is 0 Å². The molecule has 0 radical (unpaired) electrons. The fraction of sp³-hybridized carbons (Fsp3) is 0.500. The molecule has 0 unspecified atom stereocenters. The molecule has 1 fully saturated rings. The fourth-order valence-electron chi connectivity index (χ4n) is 2.45. The third-order valence-electron chi connectivity index (χ3n) is 3.46. The summed E-state index contributed by atoms with van der Waals surface area (Å²) in [6.07, 6.45) is 2.06. The normalized spacial score (nSPS) is 30.1. The van der Waals surface area contributed by atoms with Crippen LogP contribution in [0.3, 0.4) is 0 Å². The largest absolute Gasteiger partial charge is 0.387 e. The van der Waals surface area contributed by atoms with Gasteiger partial charge in [-0.1, -0.05) is 0 Å². The number of hydrogen-bond donors (Lipinski definition) is 3. The van der Waals surface area contributed by atoms with Crippen LogP contribution < -0.4 is 5.73 Å². The van der Waals surface area contributed by atoms with Crippen LogP contribution in [0.25, 0.3) is 11.0 Å². The quantitative estimate of drug-likeness (QED) is 0.731. The van der Waals surface area contributed by atoms with Gasteiger partial charge in [0.2, 0.25) is 0 Å². The van der Waals surface area contributed by atoms with Gasteiger partial charge in [-0.25, -0.2) is 9.97 Å². The number of fused-ring (bicyclic) bond motifs is 1. The number of pyridine rings is 1. The summed E-state index contributed by atoms with van der Waals surface area (Å²) in [7, 11) is 0. The lowest BCUT2D eigenvalue weighted by atomic mass is 10.1. The first-order valence-corrected chi connectivity index (χ1v) is 7.60. The summed E-state index contributed by atoms with van der Waals surface area (Å²) < 4.78 is 7.44. The maximum absolute atomic E-state index is 10.2. The van der Waals surface area contributed by atoms with Crippen molar-refractivity contribution in [3.8, 4) is 0 Å². The number of thioether (sulfide) groups is 1. The van der Waals surface area contributed by atoms with Crippen LogP contribution >= 0.6 is 11.8 Å². The number of aliphatic hydroxyl groups excluding tert-OH is 2. The smallest absolute Gasteiger partial charge is 0.164 e. The molecule has 0 bridgehead atoms. The van der Waals surface area contributed by atoms with Gasteiger partial charge in [-0.15, -0.1) is 0 Å². The Bertz CT molecular complexity index is 620. The second-order valence-corrected chi connectivity index (χ2v) is 5.63. The molecule has 1 saturated heterocycles. The van der Waals surface area contributed by atoms with Crippen molar-refractivity contribution in [1.82, 2.24) is 14.5 Å². The molecule has 108 valence electrons. The summed E-state index contributed by atoms with van der Waals surface area (Å²) >= 11 is 1.56. The van der Waals surface area contributed by atoms with E-state index in [9.17, 15) is 10.2 Å². The van der Waals surface area contributed by atoms with E-state index in [1.54, 1.807) is 34.9 Å². The van der Waals surface area contributed by atoms with Crippen molar-refractivity contribution in [1.29, 1.82) is 0 Å². The molecular weight excluding hydrogens is 280 g/mol. The second kappa shape index (κ2) is 5.21.